The summed E-state index contributed by atoms with van der Waals surface area (Å²) >= 11 is 0. The average molecular weight is 787 g/mol. The van der Waals surface area contributed by atoms with Gasteiger partial charge in [-0.05, 0) is 48.3 Å². The van der Waals surface area contributed by atoms with Crippen LogP contribution in [-0.2, 0) is 39.8 Å². The molecule has 4 atom stereocenters. The number of amides is 2. The van der Waals surface area contributed by atoms with Crippen LogP contribution in [0.4, 0.5) is 13.2 Å². The number of rotatable bonds is 20. The van der Waals surface area contributed by atoms with Crippen molar-refractivity contribution >= 4 is 29.8 Å². The molecule has 1 aliphatic carbocycles. The Hall–Kier alpha value is -4.53. The summed E-state index contributed by atoms with van der Waals surface area (Å²) in [6.07, 6.45) is 3.61. The van der Waals surface area contributed by atoms with Crippen LogP contribution in [0.1, 0.15) is 93.1 Å². The fourth-order valence-corrected chi connectivity index (χ4v) is 6.84. The minimum Gasteiger partial charge on any atom is -0.456 e. The van der Waals surface area contributed by atoms with Gasteiger partial charge in [-0.3, -0.25) is 9.59 Å². The molecule has 0 saturated carbocycles. The van der Waals surface area contributed by atoms with E-state index in [4.69, 9.17) is 14.2 Å². The second kappa shape index (κ2) is 21.1. The highest BCUT2D eigenvalue weighted by atomic mass is 19.4. The molecule has 0 unspecified atom stereocenters. The lowest BCUT2D eigenvalue weighted by Gasteiger charge is -2.33. The summed E-state index contributed by atoms with van der Waals surface area (Å²) in [6, 6.07) is 14.3. The van der Waals surface area contributed by atoms with Gasteiger partial charge in [-0.15, -0.1) is 0 Å². The number of likely N-dealkylation sites (N-methyl/N-ethyl adjacent to an activating group) is 1. The van der Waals surface area contributed by atoms with Gasteiger partial charge >= 0.3 is 18.1 Å². The largest absolute Gasteiger partial charge is 0.456 e. The lowest BCUT2D eigenvalue weighted by molar-refractivity contribution is -0.190. The highest BCUT2D eigenvalue weighted by Gasteiger charge is 2.52. The first-order valence-corrected chi connectivity index (χ1v) is 19.3. The van der Waals surface area contributed by atoms with E-state index in [1.807, 2.05) is 30.3 Å². The van der Waals surface area contributed by atoms with E-state index in [-0.39, 0.29) is 37.1 Å². The Labute approximate surface area is 326 Å². The smallest absolute Gasteiger partial charge is 0.422 e. The topological polar surface area (TPSA) is 141 Å². The van der Waals surface area contributed by atoms with E-state index in [0.29, 0.717) is 18.4 Å². The number of ether oxygens (including phenoxy) is 4. The average Bonchev–Trinajstić information content (AvgIpc) is 3.56. The second-order valence-electron chi connectivity index (χ2n) is 14.1. The molecule has 0 aromatic heterocycles. The van der Waals surface area contributed by atoms with Gasteiger partial charge in [0.25, 0.3) is 0 Å². The SMILES string of the molecule is CCCCCC1(CCCCC)O[C@@H]2[C@@H](C=C(C(=O)N(C)[C@H](Cc3ccccc3)C(=O)NCCO)C[C@H]2OC(=O)c2cccc(C=CC(=O)OCC(F)(F)F)c2)O1. The molecule has 11 nitrogen and oxygen atoms in total. The van der Waals surface area contributed by atoms with Crippen molar-refractivity contribution in [1.82, 2.24) is 10.2 Å². The highest BCUT2D eigenvalue weighted by Crippen LogP contribution is 2.43. The molecular weight excluding hydrogens is 733 g/mol. The maximum atomic E-state index is 14.3. The third kappa shape index (κ3) is 13.0. The maximum Gasteiger partial charge on any atom is 0.422 e. The number of unbranched alkanes of at least 4 members (excludes halogenated alkanes) is 4. The first-order chi connectivity index (χ1) is 26.8. The number of alkyl halides is 3. The normalized spacial score (nSPS) is 19.5. The number of carbonyl (C=O) groups is 4. The second-order valence-corrected chi connectivity index (χ2v) is 14.1. The van der Waals surface area contributed by atoms with E-state index in [1.54, 1.807) is 12.1 Å². The molecule has 1 aliphatic heterocycles. The number of hydrogen-bond acceptors (Lipinski definition) is 9. The van der Waals surface area contributed by atoms with Gasteiger partial charge in [0, 0.05) is 50.9 Å². The van der Waals surface area contributed by atoms with Gasteiger partial charge in [0.15, 0.2) is 12.4 Å². The van der Waals surface area contributed by atoms with Crippen LogP contribution in [0.2, 0.25) is 0 Å². The van der Waals surface area contributed by atoms with Crippen LogP contribution in [0.15, 0.2) is 72.3 Å². The molecule has 0 bridgehead atoms. The van der Waals surface area contributed by atoms with Gasteiger partial charge in [-0.25, -0.2) is 9.59 Å². The standard InChI is InChI=1S/C42H53F3N2O9/c1-4-6-11-20-41(21-12-7-5-2)55-35-27-32(39(51)47(3)33(38(50)46-22-23-48)25-29-14-9-8-10-15-29)26-34(37(35)56-41)54-40(52)31-17-13-16-30(24-31)18-19-36(49)53-28-42(43,44)45/h8-10,13-19,24,27,33-35,37,48H,4-7,11-12,20-23,25-26,28H2,1-3H3,(H,46,50)/t33-,34-,35-,37+/m1/s1. The highest BCUT2D eigenvalue weighted by molar-refractivity contribution is 5.97. The molecule has 14 heteroatoms. The predicted molar refractivity (Wildman–Crippen MR) is 202 cm³/mol. The summed E-state index contributed by atoms with van der Waals surface area (Å²) in [7, 11) is 1.53. The molecule has 2 aromatic carbocycles. The van der Waals surface area contributed by atoms with Gasteiger partial charge in [-0.2, -0.15) is 13.2 Å². The molecule has 1 saturated heterocycles. The number of carbonyl (C=O) groups excluding carboxylic acids is 4. The molecule has 306 valence electrons. The van der Waals surface area contributed by atoms with Crippen molar-refractivity contribution in [2.24, 2.45) is 0 Å². The summed E-state index contributed by atoms with van der Waals surface area (Å²) in [4.78, 5) is 54.6. The molecule has 0 spiro atoms. The Bertz CT molecular complexity index is 1670. The lowest BCUT2D eigenvalue weighted by Crippen LogP contribution is -2.51. The molecule has 2 aliphatic rings. The molecule has 0 radical (unpaired) electrons. The van der Waals surface area contributed by atoms with E-state index in [2.05, 4.69) is 23.9 Å². The van der Waals surface area contributed by atoms with Crippen LogP contribution in [0.25, 0.3) is 6.08 Å². The van der Waals surface area contributed by atoms with Crippen molar-refractivity contribution in [3.05, 3.63) is 89.0 Å². The van der Waals surface area contributed by atoms with Crippen LogP contribution in [0.3, 0.4) is 0 Å². The molecule has 2 aromatic rings. The number of nitrogens with zero attached hydrogens (tertiary/aromatic N) is 1. The number of fused-ring (bicyclic) bond motifs is 1. The Morgan fingerprint density at radius 1 is 1.00 bits per heavy atom. The van der Waals surface area contributed by atoms with Gasteiger partial charge in [0.05, 0.1) is 12.2 Å². The van der Waals surface area contributed by atoms with Gasteiger partial charge in [-0.1, -0.05) is 82.0 Å². The Morgan fingerprint density at radius 2 is 1.70 bits per heavy atom. The minimum absolute atomic E-state index is 0.0130. The number of hydrogen-bond donors (Lipinski definition) is 2. The zero-order valence-electron chi connectivity index (χ0n) is 32.2. The number of halogens is 3. The van der Waals surface area contributed by atoms with Gasteiger partial charge in [0.2, 0.25) is 11.8 Å². The van der Waals surface area contributed by atoms with Crippen LogP contribution < -0.4 is 5.32 Å². The van der Waals surface area contributed by atoms with Crippen molar-refractivity contribution < 1.29 is 56.4 Å². The predicted octanol–water partition coefficient (Wildman–Crippen LogP) is 6.48. The quantitative estimate of drug-likeness (QED) is 0.0877. The van der Waals surface area contributed by atoms with Crippen LogP contribution in [-0.4, -0.2) is 96.9 Å². The summed E-state index contributed by atoms with van der Waals surface area (Å²) in [5, 5.41) is 12.0. The maximum absolute atomic E-state index is 14.3. The van der Waals surface area contributed by atoms with Crippen molar-refractivity contribution in [3.63, 3.8) is 0 Å². The molecule has 1 heterocycles. The fourth-order valence-electron chi connectivity index (χ4n) is 6.84. The van der Waals surface area contributed by atoms with Crippen molar-refractivity contribution in [1.29, 1.82) is 0 Å². The van der Waals surface area contributed by atoms with E-state index in [9.17, 15) is 37.5 Å². The summed E-state index contributed by atoms with van der Waals surface area (Å²) < 4.78 is 61.1. The van der Waals surface area contributed by atoms with E-state index >= 15 is 0 Å². The molecule has 4 rings (SSSR count). The number of aliphatic hydroxyl groups excluding tert-OH is 1. The Balaban J connectivity index is 1.62. The summed E-state index contributed by atoms with van der Waals surface area (Å²) in [6.45, 7) is 2.22. The molecular formula is C42H53F3N2O9. The van der Waals surface area contributed by atoms with E-state index in [0.717, 1.165) is 50.2 Å². The van der Waals surface area contributed by atoms with E-state index in [1.165, 1.54) is 36.2 Å². The first-order valence-electron chi connectivity index (χ1n) is 19.3. The zero-order chi connectivity index (χ0) is 40.7. The summed E-state index contributed by atoms with van der Waals surface area (Å²) in [5.41, 5.74) is 1.52. The fraction of sp³-hybridized carbons (Fsp3) is 0.524. The lowest BCUT2D eigenvalue weighted by atomic mass is 9.90. The summed E-state index contributed by atoms with van der Waals surface area (Å²) in [5.74, 6) is -3.82. The Kier molecular flexibility index (Phi) is 16.7. The van der Waals surface area contributed by atoms with Crippen molar-refractivity contribution in [2.75, 3.05) is 26.8 Å². The first kappa shape index (κ1) is 44.2. The molecule has 2 N–H and O–H groups in total. The number of esters is 2. The zero-order valence-corrected chi connectivity index (χ0v) is 32.2. The minimum atomic E-state index is -4.67. The van der Waals surface area contributed by atoms with Crippen LogP contribution >= 0.6 is 0 Å². The number of benzene rings is 2. The molecule has 2 amide bonds. The van der Waals surface area contributed by atoms with Crippen LogP contribution in [0.5, 0.6) is 0 Å². The number of aliphatic hydroxyl groups is 1. The third-order valence-electron chi connectivity index (χ3n) is 9.72. The van der Waals surface area contributed by atoms with Gasteiger partial charge < -0.3 is 34.3 Å². The van der Waals surface area contributed by atoms with E-state index < -0.39 is 66.7 Å². The third-order valence-corrected chi connectivity index (χ3v) is 9.72. The van der Waals surface area contributed by atoms with Crippen molar-refractivity contribution in [3.8, 4) is 0 Å². The molecule has 56 heavy (non-hydrogen) atoms. The van der Waals surface area contributed by atoms with Crippen LogP contribution in [0, 0.1) is 0 Å². The Morgan fingerprint density at radius 3 is 2.34 bits per heavy atom. The molecule has 1 fully saturated rings. The number of nitrogens with one attached hydrogen (secondary N) is 1. The van der Waals surface area contributed by atoms with Gasteiger partial charge in [0.1, 0.15) is 24.4 Å². The monoisotopic (exact) mass is 786 g/mol. The van der Waals surface area contributed by atoms with Crippen molar-refractivity contribution in [2.45, 2.75) is 114 Å².